The van der Waals surface area contributed by atoms with Crippen LogP contribution in [-0.2, 0) is 12.8 Å². The van der Waals surface area contributed by atoms with E-state index >= 15 is 0 Å². The number of allylic oxidation sites excluding steroid dienone is 2. The van der Waals surface area contributed by atoms with Gasteiger partial charge in [0.15, 0.2) is 0 Å². The first kappa shape index (κ1) is 20.0. The van der Waals surface area contributed by atoms with Gasteiger partial charge in [0.25, 0.3) is 0 Å². The third kappa shape index (κ3) is 3.90. The maximum Gasteiger partial charge on any atom is 0.124 e. The van der Waals surface area contributed by atoms with Gasteiger partial charge in [0, 0.05) is 26.2 Å². The summed E-state index contributed by atoms with van der Waals surface area (Å²) in [6.07, 6.45) is 7.21. The molecule has 1 saturated heterocycles. The van der Waals surface area contributed by atoms with Crippen molar-refractivity contribution in [1.29, 1.82) is 0 Å². The molecule has 1 atom stereocenters. The average Bonchev–Trinajstić information content (AvgIpc) is 2.92. The van der Waals surface area contributed by atoms with E-state index in [1.54, 1.807) is 12.2 Å². The summed E-state index contributed by atoms with van der Waals surface area (Å²) in [5.74, 6) is 7.30. The number of benzene rings is 1. The van der Waals surface area contributed by atoms with Gasteiger partial charge >= 0.3 is 0 Å². The van der Waals surface area contributed by atoms with Gasteiger partial charge in [-0.25, -0.2) is 9.66 Å². The van der Waals surface area contributed by atoms with E-state index in [1.807, 2.05) is 17.8 Å². The van der Waals surface area contributed by atoms with Gasteiger partial charge in [-0.1, -0.05) is 56.2 Å². The summed E-state index contributed by atoms with van der Waals surface area (Å²) in [7, 11) is 0. The summed E-state index contributed by atoms with van der Waals surface area (Å²) in [6, 6.07) is 8.98. The number of nitrogen functional groups attached to an aromatic ring is 1. The van der Waals surface area contributed by atoms with Crippen LogP contribution in [0.25, 0.3) is 0 Å². The fraction of sp³-hybridized carbons (Fsp3) is 0.348. The summed E-state index contributed by atoms with van der Waals surface area (Å²) in [5, 5.41) is 0. The minimum absolute atomic E-state index is 0.192. The third-order valence-corrected chi connectivity index (χ3v) is 5.58. The zero-order chi connectivity index (χ0) is 20.1. The molecule has 148 valence electrons. The van der Waals surface area contributed by atoms with Gasteiger partial charge in [-0.2, -0.15) is 0 Å². The number of aryl methyl sites for hydroxylation is 3. The number of nitrogens with zero attached hydrogens (tertiary/aromatic N) is 4. The molecule has 2 N–H and O–H groups in total. The zero-order valence-corrected chi connectivity index (χ0v) is 16.8. The van der Waals surface area contributed by atoms with Crippen LogP contribution >= 0.6 is 0 Å². The highest BCUT2D eigenvalue weighted by molar-refractivity contribution is 5.41. The lowest BCUT2D eigenvalue weighted by molar-refractivity contribution is 0.136. The maximum atomic E-state index is 6.40. The molecule has 1 aromatic carbocycles. The average molecular weight is 378 g/mol. The molecule has 5 nitrogen and oxygen atoms in total. The molecule has 0 bridgehead atoms. The van der Waals surface area contributed by atoms with Crippen molar-refractivity contribution in [3.8, 4) is 0 Å². The highest BCUT2D eigenvalue weighted by Gasteiger charge is 2.34. The molecule has 1 fully saturated rings. The first-order chi connectivity index (χ1) is 13.6. The molecular weight excluding hydrogens is 346 g/mol. The largest absolute Gasteiger partial charge is 0.375 e. The number of fused-ring (bicyclic) bond motifs is 2. The Balaban J connectivity index is 0.000000516. The van der Waals surface area contributed by atoms with Crippen LogP contribution in [0.1, 0.15) is 34.4 Å². The van der Waals surface area contributed by atoms with Crippen molar-refractivity contribution in [2.45, 2.75) is 25.8 Å². The number of piperazine rings is 1. The second-order valence-corrected chi connectivity index (χ2v) is 7.19. The summed E-state index contributed by atoms with van der Waals surface area (Å²) >= 11 is 0. The van der Waals surface area contributed by atoms with Crippen LogP contribution in [-0.4, -0.2) is 45.6 Å². The number of rotatable bonds is 3. The Bertz CT molecular complexity index is 837. The molecule has 1 aliphatic heterocycles. The predicted octanol–water partition coefficient (Wildman–Crippen LogP) is 3.21. The lowest BCUT2D eigenvalue weighted by Crippen LogP contribution is -2.46. The molecule has 1 aliphatic carbocycles. The van der Waals surface area contributed by atoms with Gasteiger partial charge in [0.1, 0.15) is 5.82 Å². The van der Waals surface area contributed by atoms with Gasteiger partial charge < -0.3 is 10.7 Å². The maximum absolute atomic E-state index is 6.40. The summed E-state index contributed by atoms with van der Waals surface area (Å²) in [5.41, 5.74) is 5.13. The Labute approximate surface area is 168 Å². The van der Waals surface area contributed by atoms with Crippen LogP contribution in [0, 0.1) is 6.92 Å². The SMILES string of the molecule is C=CC=C.C=CN1CCN(C2c3ccccc3CCc3nc(C)n(N)c32)CC1. The van der Waals surface area contributed by atoms with Crippen LogP contribution in [0.15, 0.2) is 62.4 Å². The highest BCUT2D eigenvalue weighted by Crippen LogP contribution is 2.36. The highest BCUT2D eigenvalue weighted by atomic mass is 15.4. The second-order valence-electron chi connectivity index (χ2n) is 7.19. The van der Waals surface area contributed by atoms with Crippen molar-refractivity contribution in [3.63, 3.8) is 0 Å². The smallest absolute Gasteiger partial charge is 0.124 e. The Morgan fingerprint density at radius 3 is 2.36 bits per heavy atom. The molecule has 0 saturated carbocycles. The number of hydrogen-bond donors (Lipinski definition) is 1. The van der Waals surface area contributed by atoms with Gasteiger partial charge in [0.05, 0.1) is 17.4 Å². The van der Waals surface area contributed by atoms with E-state index in [1.165, 1.54) is 16.8 Å². The molecule has 0 spiro atoms. The minimum Gasteiger partial charge on any atom is -0.375 e. The lowest BCUT2D eigenvalue weighted by atomic mass is 9.96. The van der Waals surface area contributed by atoms with E-state index < -0.39 is 0 Å². The van der Waals surface area contributed by atoms with Crippen molar-refractivity contribution < 1.29 is 0 Å². The van der Waals surface area contributed by atoms with E-state index in [0.717, 1.165) is 50.5 Å². The van der Waals surface area contributed by atoms with Crippen LogP contribution in [0.4, 0.5) is 0 Å². The lowest BCUT2D eigenvalue weighted by Gasteiger charge is -2.39. The normalized spacial score (nSPS) is 18.8. The minimum atomic E-state index is 0.192. The van der Waals surface area contributed by atoms with E-state index in [4.69, 9.17) is 10.8 Å². The molecule has 4 rings (SSSR count). The van der Waals surface area contributed by atoms with Crippen molar-refractivity contribution in [2.24, 2.45) is 0 Å². The van der Waals surface area contributed by atoms with E-state index in [-0.39, 0.29) is 6.04 Å². The predicted molar refractivity (Wildman–Crippen MR) is 117 cm³/mol. The monoisotopic (exact) mass is 377 g/mol. The molecule has 0 amide bonds. The molecule has 0 radical (unpaired) electrons. The fourth-order valence-corrected chi connectivity index (χ4v) is 4.07. The van der Waals surface area contributed by atoms with Crippen molar-refractivity contribution in [2.75, 3.05) is 32.0 Å². The quantitative estimate of drug-likeness (QED) is 0.659. The Hall–Kier alpha value is -2.79. The van der Waals surface area contributed by atoms with Gasteiger partial charge in [-0.15, -0.1) is 0 Å². The number of aromatic nitrogens is 2. The van der Waals surface area contributed by atoms with Crippen molar-refractivity contribution >= 4 is 0 Å². The van der Waals surface area contributed by atoms with E-state index in [9.17, 15) is 0 Å². The fourth-order valence-electron chi connectivity index (χ4n) is 4.07. The Morgan fingerprint density at radius 2 is 1.71 bits per heavy atom. The standard InChI is InChI=1S/C19H25N5.C4H6/c1-3-22-10-12-23(13-11-22)18-16-7-5-4-6-15(16)8-9-17-19(18)24(20)14(2)21-17;1-3-4-2/h3-7,18H,1,8-13,20H2,2H3;3-4H,1-2H2. The molecule has 5 heteroatoms. The number of nitrogens with two attached hydrogens (primary N) is 1. The summed E-state index contributed by atoms with van der Waals surface area (Å²) in [6.45, 7) is 16.7. The summed E-state index contributed by atoms with van der Waals surface area (Å²) < 4.78 is 1.81. The van der Waals surface area contributed by atoms with Gasteiger partial charge in [-0.05, 0) is 37.1 Å². The molecule has 2 aliphatic rings. The number of hydrogen-bond acceptors (Lipinski definition) is 4. The van der Waals surface area contributed by atoms with Crippen LogP contribution in [0.5, 0.6) is 0 Å². The van der Waals surface area contributed by atoms with Gasteiger partial charge in [-0.3, -0.25) is 4.90 Å². The number of imidazole rings is 1. The van der Waals surface area contributed by atoms with E-state index in [2.05, 4.69) is 53.8 Å². The molecule has 2 heterocycles. The Kier molecular flexibility index (Phi) is 6.37. The van der Waals surface area contributed by atoms with E-state index in [0.29, 0.717) is 0 Å². The summed E-state index contributed by atoms with van der Waals surface area (Å²) in [4.78, 5) is 9.59. The van der Waals surface area contributed by atoms with Crippen molar-refractivity contribution in [3.05, 3.63) is 90.7 Å². The molecular formula is C23H31N5. The Morgan fingerprint density at radius 1 is 1.04 bits per heavy atom. The van der Waals surface area contributed by atoms with Crippen LogP contribution in [0.2, 0.25) is 0 Å². The topological polar surface area (TPSA) is 50.3 Å². The van der Waals surface area contributed by atoms with Crippen LogP contribution < -0.4 is 5.84 Å². The van der Waals surface area contributed by atoms with Crippen LogP contribution in [0.3, 0.4) is 0 Å². The molecule has 2 aromatic rings. The van der Waals surface area contributed by atoms with Gasteiger partial charge in [0.2, 0.25) is 0 Å². The molecule has 28 heavy (non-hydrogen) atoms. The first-order valence-electron chi connectivity index (χ1n) is 9.85. The second kappa shape index (κ2) is 8.93. The zero-order valence-electron chi connectivity index (χ0n) is 16.8. The molecule has 1 unspecified atom stereocenters. The third-order valence-electron chi connectivity index (χ3n) is 5.58. The molecule has 1 aromatic heterocycles. The van der Waals surface area contributed by atoms with Crippen molar-refractivity contribution in [1.82, 2.24) is 19.5 Å². The first-order valence-corrected chi connectivity index (χ1v) is 9.85.